The summed E-state index contributed by atoms with van der Waals surface area (Å²) < 4.78 is 0. The molecule has 2 rings (SSSR count). The maximum absolute atomic E-state index is 12.2. The van der Waals surface area contributed by atoms with Crippen molar-refractivity contribution in [1.29, 1.82) is 0 Å². The van der Waals surface area contributed by atoms with Crippen molar-refractivity contribution in [3.63, 3.8) is 0 Å². The number of nitro benzene ring substituents is 1. The van der Waals surface area contributed by atoms with Crippen LogP contribution in [0.25, 0.3) is 0 Å². The number of carbonyl (C=O) groups is 1. The summed E-state index contributed by atoms with van der Waals surface area (Å²) in [6.07, 6.45) is 0.708. The van der Waals surface area contributed by atoms with Crippen molar-refractivity contribution in [1.82, 2.24) is 10.2 Å². The van der Waals surface area contributed by atoms with Crippen LogP contribution in [0.2, 0.25) is 0 Å². The van der Waals surface area contributed by atoms with Gasteiger partial charge in [-0.25, -0.2) is 0 Å². The number of rotatable bonds is 5. The quantitative estimate of drug-likeness (QED) is 0.433. The minimum absolute atomic E-state index is 0.0555. The molecule has 0 fully saturated rings. The van der Waals surface area contributed by atoms with E-state index < -0.39 is 10.8 Å². The number of aryl methyl sites for hydroxylation is 1. The number of nitrogens with zero attached hydrogens (tertiary/aromatic N) is 3. The summed E-state index contributed by atoms with van der Waals surface area (Å²) in [5.41, 5.74) is 2.46. The Balaban J connectivity index is 2.28. The molecule has 1 amide bonds. The molecule has 0 aliphatic heterocycles. The monoisotopic (exact) mass is 308 g/mol. The van der Waals surface area contributed by atoms with Gasteiger partial charge in [-0.3, -0.25) is 26.1 Å². The van der Waals surface area contributed by atoms with Gasteiger partial charge in [0, 0.05) is 12.1 Å². The number of amides is 1. The smallest absolute Gasteiger partial charge is 0.270 e. The first-order valence-corrected chi connectivity index (χ1v) is 6.75. The Labute approximate surface area is 123 Å². The van der Waals surface area contributed by atoms with Gasteiger partial charge in [0.1, 0.15) is 5.01 Å². The van der Waals surface area contributed by atoms with Crippen molar-refractivity contribution in [2.75, 3.05) is 10.7 Å². The van der Waals surface area contributed by atoms with Gasteiger partial charge in [0.15, 0.2) is 0 Å². The molecule has 0 bridgehead atoms. The molecule has 1 aromatic carbocycles. The van der Waals surface area contributed by atoms with Gasteiger partial charge < -0.3 is 5.43 Å². The van der Waals surface area contributed by atoms with E-state index in [1.54, 1.807) is 0 Å². The van der Waals surface area contributed by atoms with Crippen LogP contribution in [0.4, 0.5) is 16.5 Å². The van der Waals surface area contributed by atoms with Crippen LogP contribution in [0.3, 0.4) is 0 Å². The fraction of sp³-hybridized carbons (Fsp3) is 0.182. The molecule has 0 aliphatic carbocycles. The van der Waals surface area contributed by atoms with Crippen LogP contribution in [0.1, 0.15) is 22.3 Å². The molecule has 1 heterocycles. The Kier molecular flexibility index (Phi) is 4.40. The lowest BCUT2D eigenvalue weighted by molar-refractivity contribution is -0.384. The topological polar surface area (TPSA) is 136 Å². The summed E-state index contributed by atoms with van der Waals surface area (Å²) >= 11 is 1.24. The molecule has 0 saturated heterocycles. The molecular weight excluding hydrogens is 296 g/mol. The maximum Gasteiger partial charge on any atom is 0.270 e. The highest BCUT2D eigenvalue weighted by Crippen LogP contribution is 2.23. The van der Waals surface area contributed by atoms with Crippen LogP contribution in [-0.4, -0.2) is 21.0 Å². The first-order valence-electron chi connectivity index (χ1n) is 5.94. The average Bonchev–Trinajstić information content (AvgIpc) is 2.94. The number of nitrogens with two attached hydrogens (primary N) is 1. The minimum atomic E-state index is -0.586. The molecule has 10 heteroatoms. The van der Waals surface area contributed by atoms with Gasteiger partial charge in [-0.2, -0.15) is 0 Å². The predicted molar refractivity (Wildman–Crippen MR) is 78.1 cm³/mol. The molecule has 21 heavy (non-hydrogen) atoms. The zero-order chi connectivity index (χ0) is 15.4. The Morgan fingerprint density at radius 3 is 2.81 bits per heavy atom. The van der Waals surface area contributed by atoms with E-state index in [4.69, 9.17) is 5.84 Å². The Bertz CT molecular complexity index is 686. The molecule has 0 saturated carbocycles. The fourth-order valence-electron chi connectivity index (χ4n) is 1.57. The second kappa shape index (κ2) is 6.24. The van der Waals surface area contributed by atoms with Crippen LogP contribution >= 0.6 is 11.3 Å². The van der Waals surface area contributed by atoms with Gasteiger partial charge in [0.05, 0.1) is 16.2 Å². The summed E-state index contributed by atoms with van der Waals surface area (Å²) in [7, 11) is 0. The van der Waals surface area contributed by atoms with Gasteiger partial charge in [-0.05, 0) is 12.5 Å². The van der Waals surface area contributed by atoms with E-state index in [0.29, 0.717) is 11.6 Å². The second-order valence-electron chi connectivity index (χ2n) is 3.94. The Morgan fingerprint density at radius 2 is 2.24 bits per heavy atom. The molecule has 0 radical (unpaired) electrons. The number of nitrogens with one attached hydrogen (secondary N) is 2. The molecule has 9 nitrogen and oxygen atoms in total. The zero-order valence-electron chi connectivity index (χ0n) is 11.0. The highest BCUT2D eigenvalue weighted by Gasteiger charge is 2.17. The zero-order valence-corrected chi connectivity index (χ0v) is 11.8. The van der Waals surface area contributed by atoms with Crippen molar-refractivity contribution in [3.8, 4) is 0 Å². The minimum Gasteiger partial charge on any atom is -0.323 e. The third kappa shape index (κ3) is 3.30. The van der Waals surface area contributed by atoms with Gasteiger partial charge in [-0.15, -0.1) is 10.2 Å². The molecule has 1 aromatic heterocycles. The van der Waals surface area contributed by atoms with E-state index in [-0.39, 0.29) is 16.9 Å². The summed E-state index contributed by atoms with van der Waals surface area (Å²) in [5, 5.41) is 22.1. The van der Waals surface area contributed by atoms with E-state index in [1.165, 1.54) is 23.5 Å². The molecule has 0 atom stereocenters. The van der Waals surface area contributed by atoms with Crippen LogP contribution in [0, 0.1) is 10.1 Å². The number of aromatic nitrogens is 2. The Morgan fingerprint density at radius 1 is 1.48 bits per heavy atom. The number of hydrogen-bond acceptors (Lipinski definition) is 8. The SMILES string of the molecule is CCc1nnc(NC(=O)c2cc([N+](=O)[O-])ccc2NN)s1. The van der Waals surface area contributed by atoms with Gasteiger partial charge in [0.25, 0.3) is 11.6 Å². The summed E-state index contributed by atoms with van der Waals surface area (Å²) in [4.78, 5) is 22.4. The lowest BCUT2D eigenvalue weighted by Crippen LogP contribution is -2.17. The summed E-state index contributed by atoms with van der Waals surface area (Å²) in [5.74, 6) is 4.76. The second-order valence-corrected chi connectivity index (χ2v) is 5.00. The number of carbonyl (C=O) groups excluding carboxylic acids is 1. The molecule has 2 aromatic rings. The van der Waals surface area contributed by atoms with Crippen molar-refractivity contribution >= 4 is 33.8 Å². The van der Waals surface area contributed by atoms with Gasteiger partial charge >= 0.3 is 0 Å². The number of nitro groups is 1. The number of non-ortho nitro benzene ring substituents is 1. The highest BCUT2D eigenvalue weighted by atomic mass is 32.1. The average molecular weight is 308 g/mol. The number of hydrazine groups is 1. The first kappa shape index (κ1) is 14.8. The molecular formula is C11H12N6O3S. The molecule has 0 spiro atoms. The van der Waals surface area contributed by atoms with Gasteiger partial charge in [-0.1, -0.05) is 18.3 Å². The van der Waals surface area contributed by atoms with Crippen LogP contribution in [0.5, 0.6) is 0 Å². The third-order valence-corrected chi connectivity index (χ3v) is 3.59. The molecule has 0 unspecified atom stereocenters. The van der Waals surface area contributed by atoms with Crippen LogP contribution < -0.4 is 16.6 Å². The maximum atomic E-state index is 12.2. The van der Waals surface area contributed by atoms with Crippen LogP contribution in [-0.2, 0) is 6.42 Å². The fourth-order valence-corrected chi connectivity index (χ4v) is 2.25. The predicted octanol–water partition coefficient (Wildman–Crippen LogP) is 1.55. The molecule has 110 valence electrons. The number of nitrogen functional groups attached to an aromatic ring is 1. The third-order valence-electron chi connectivity index (χ3n) is 2.60. The highest BCUT2D eigenvalue weighted by molar-refractivity contribution is 7.15. The van der Waals surface area contributed by atoms with E-state index >= 15 is 0 Å². The number of hydrogen-bond donors (Lipinski definition) is 3. The number of anilines is 2. The van der Waals surface area contributed by atoms with Gasteiger partial charge in [0.2, 0.25) is 5.13 Å². The Hall–Kier alpha value is -2.59. The standard InChI is InChI=1S/C11H12N6O3S/c1-2-9-15-16-11(21-9)13-10(18)7-5-6(17(19)20)3-4-8(7)14-12/h3-5,14H,2,12H2,1H3,(H,13,16,18). The number of benzene rings is 1. The lowest BCUT2D eigenvalue weighted by atomic mass is 10.1. The van der Waals surface area contributed by atoms with Crippen molar-refractivity contribution < 1.29 is 9.72 Å². The van der Waals surface area contributed by atoms with E-state index in [0.717, 1.165) is 11.1 Å². The first-order chi connectivity index (χ1) is 10.0. The largest absolute Gasteiger partial charge is 0.323 e. The van der Waals surface area contributed by atoms with Crippen molar-refractivity contribution in [2.24, 2.45) is 5.84 Å². The summed E-state index contributed by atoms with van der Waals surface area (Å²) in [6, 6.07) is 3.77. The van der Waals surface area contributed by atoms with Crippen molar-refractivity contribution in [2.45, 2.75) is 13.3 Å². The van der Waals surface area contributed by atoms with Crippen LogP contribution in [0.15, 0.2) is 18.2 Å². The normalized spacial score (nSPS) is 10.2. The lowest BCUT2D eigenvalue weighted by Gasteiger charge is -2.07. The van der Waals surface area contributed by atoms with E-state index in [9.17, 15) is 14.9 Å². The van der Waals surface area contributed by atoms with Crippen molar-refractivity contribution in [3.05, 3.63) is 38.9 Å². The van der Waals surface area contributed by atoms with E-state index in [1.807, 2.05) is 6.92 Å². The molecule has 4 N–H and O–H groups in total. The molecule has 0 aliphatic rings. The summed E-state index contributed by atoms with van der Waals surface area (Å²) in [6.45, 7) is 1.92. The van der Waals surface area contributed by atoms with E-state index in [2.05, 4.69) is 20.9 Å².